The summed E-state index contributed by atoms with van der Waals surface area (Å²) >= 11 is 0. The normalized spacial score (nSPS) is 13.4. The molecule has 0 spiro atoms. The lowest BCUT2D eigenvalue weighted by molar-refractivity contribution is -0.174. The van der Waals surface area contributed by atoms with E-state index in [9.17, 15) is 17.6 Å². The molecule has 0 bridgehead atoms. The predicted molar refractivity (Wildman–Crippen MR) is 69.2 cm³/mol. The average molecular weight is 293 g/mol. The summed E-state index contributed by atoms with van der Waals surface area (Å²) in [5.41, 5.74) is 0.504. The summed E-state index contributed by atoms with van der Waals surface area (Å²) in [6.07, 6.45) is -3.99. The van der Waals surface area contributed by atoms with Crippen LogP contribution in [-0.4, -0.2) is 32.5 Å². The molecule has 0 amide bonds. The van der Waals surface area contributed by atoms with Gasteiger partial charge in [-0.25, -0.2) is 4.39 Å². The predicted octanol–water partition coefficient (Wildman–Crippen LogP) is 3.49. The van der Waals surface area contributed by atoms with Crippen LogP contribution < -0.4 is 5.32 Å². The molecule has 0 saturated heterocycles. The van der Waals surface area contributed by atoms with Crippen LogP contribution in [0.5, 0.6) is 0 Å². The van der Waals surface area contributed by atoms with Gasteiger partial charge in [0.1, 0.15) is 12.4 Å². The molecule has 0 heterocycles. The molecule has 0 fully saturated rings. The Morgan fingerprint density at radius 2 is 1.95 bits per heavy atom. The van der Waals surface area contributed by atoms with E-state index >= 15 is 0 Å². The van der Waals surface area contributed by atoms with E-state index in [4.69, 9.17) is 0 Å². The Balaban J connectivity index is 2.55. The molecular weight excluding hydrogens is 274 g/mol. The first-order valence-electron chi connectivity index (χ1n) is 6.53. The Hall–Kier alpha value is -1.14. The van der Waals surface area contributed by atoms with Gasteiger partial charge < -0.3 is 10.1 Å². The Morgan fingerprint density at radius 3 is 2.55 bits per heavy atom. The zero-order valence-electron chi connectivity index (χ0n) is 11.3. The summed E-state index contributed by atoms with van der Waals surface area (Å²) in [4.78, 5) is 0. The molecule has 0 saturated carbocycles. The molecule has 0 aliphatic rings. The van der Waals surface area contributed by atoms with Crippen molar-refractivity contribution < 1.29 is 22.3 Å². The van der Waals surface area contributed by atoms with Gasteiger partial charge in [0.15, 0.2) is 0 Å². The first-order chi connectivity index (χ1) is 9.44. The number of benzene rings is 1. The molecular formula is C14H19F4NO. The largest absolute Gasteiger partial charge is 0.411 e. The maximum atomic E-state index is 13.7. The van der Waals surface area contributed by atoms with Gasteiger partial charge in [0.05, 0.1) is 0 Å². The van der Waals surface area contributed by atoms with Gasteiger partial charge >= 0.3 is 6.18 Å². The number of likely N-dealkylation sites (N-methyl/N-ethyl adjacent to an activating group) is 1. The van der Waals surface area contributed by atoms with Crippen molar-refractivity contribution in [2.24, 2.45) is 0 Å². The van der Waals surface area contributed by atoms with Crippen molar-refractivity contribution in [3.05, 3.63) is 35.6 Å². The molecule has 114 valence electrons. The van der Waals surface area contributed by atoms with Crippen LogP contribution in [-0.2, 0) is 4.74 Å². The van der Waals surface area contributed by atoms with E-state index in [-0.39, 0.29) is 18.3 Å². The fourth-order valence-electron chi connectivity index (χ4n) is 1.91. The number of rotatable bonds is 8. The molecule has 0 aromatic heterocycles. The molecule has 1 unspecified atom stereocenters. The van der Waals surface area contributed by atoms with Crippen LogP contribution in [0.25, 0.3) is 0 Å². The third kappa shape index (κ3) is 6.34. The molecule has 2 nitrogen and oxygen atoms in total. The van der Waals surface area contributed by atoms with Crippen LogP contribution in [0.3, 0.4) is 0 Å². The van der Waals surface area contributed by atoms with Crippen molar-refractivity contribution in [3.63, 3.8) is 0 Å². The summed E-state index contributed by atoms with van der Waals surface area (Å²) in [5.74, 6) is -0.546. The van der Waals surface area contributed by atoms with Crippen molar-refractivity contribution >= 4 is 0 Å². The number of hydrogen-bond donors (Lipinski definition) is 1. The minimum Gasteiger partial charge on any atom is -0.372 e. The first-order valence-corrected chi connectivity index (χ1v) is 6.53. The van der Waals surface area contributed by atoms with Crippen LogP contribution >= 0.6 is 0 Å². The lowest BCUT2D eigenvalue weighted by Crippen LogP contribution is -2.24. The van der Waals surface area contributed by atoms with E-state index in [0.29, 0.717) is 25.1 Å². The van der Waals surface area contributed by atoms with Gasteiger partial charge in [-0.2, -0.15) is 13.2 Å². The van der Waals surface area contributed by atoms with Crippen molar-refractivity contribution in [2.75, 3.05) is 26.3 Å². The van der Waals surface area contributed by atoms with Gasteiger partial charge in [-0.1, -0.05) is 25.1 Å². The minimum atomic E-state index is -4.32. The van der Waals surface area contributed by atoms with Gasteiger partial charge in [0, 0.05) is 19.1 Å². The fourth-order valence-corrected chi connectivity index (χ4v) is 1.91. The molecule has 1 atom stereocenters. The second-order valence-electron chi connectivity index (χ2n) is 4.48. The molecule has 1 aromatic rings. The zero-order chi connectivity index (χ0) is 15.0. The summed E-state index contributed by atoms with van der Waals surface area (Å²) in [6.45, 7) is 1.82. The van der Waals surface area contributed by atoms with Crippen molar-refractivity contribution in [1.82, 2.24) is 5.32 Å². The molecule has 0 radical (unpaired) electrons. The summed E-state index contributed by atoms with van der Waals surface area (Å²) < 4.78 is 54.2. The van der Waals surface area contributed by atoms with E-state index in [1.165, 1.54) is 6.07 Å². The van der Waals surface area contributed by atoms with Crippen molar-refractivity contribution in [1.29, 1.82) is 0 Å². The van der Waals surface area contributed by atoms with Crippen LogP contribution in [0.1, 0.15) is 24.8 Å². The number of halogens is 4. The van der Waals surface area contributed by atoms with Gasteiger partial charge in [-0.05, 0) is 24.6 Å². The number of ether oxygens (including phenoxy) is 1. The maximum Gasteiger partial charge on any atom is 0.411 e. The van der Waals surface area contributed by atoms with Gasteiger partial charge in [-0.15, -0.1) is 0 Å². The molecule has 6 heteroatoms. The lowest BCUT2D eigenvalue weighted by atomic mass is 9.95. The number of alkyl halides is 3. The highest BCUT2D eigenvalue weighted by molar-refractivity contribution is 5.22. The third-order valence-electron chi connectivity index (χ3n) is 2.86. The Kier molecular flexibility index (Phi) is 6.95. The highest BCUT2D eigenvalue weighted by atomic mass is 19.4. The third-order valence-corrected chi connectivity index (χ3v) is 2.86. The van der Waals surface area contributed by atoms with Gasteiger partial charge in [0.25, 0.3) is 0 Å². The lowest BCUT2D eigenvalue weighted by Gasteiger charge is -2.18. The minimum absolute atomic E-state index is 0.0517. The molecule has 1 N–H and O–H groups in total. The smallest absolute Gasteiger partial charge is 0.372 e. The highest BCUT2D eigenvalue weighted by Gasteiger charge is 2.27. The first kappa shape index (κ1) is 16.9. The second-order valence-corrected chi connectivity index (χ2v) is 4.48. The standard InChI is InChI=1S/C14H19F4NO/c1-2-19-9-11(7-8-20-10-14(16,17)18)12-5-3-4-6-13(12)15/h3-6,11,19H,2,7-10H2,1H3. The van der Waals surface area contributed by atoms with Crippen LogP contribution in [0.4, 0.5) is 17.6 Å². The molecule has 1 aromatic carbocycles. The van der Waals surface area contributed by atoms with Gasteiger partial charge in [-0.3, -0.25) is 0 Å². The van der Waals surface area contributed by atoms with Crippen molar-refractivity contribution in [2.45, 2.75) is 25.4 Å². The van der Waals surface area contributed by atoms with E-state index in [1.54, 1.807) is 18.2 Å². The van der Waals surface area contributed by atoms with E-state index in [1.807, 2.05) is 6.92 Å². The van der Waals surface area contributed by atoms with E-state index in [0.717, 1.165) is 0 Å². The fraction of sp³-hybridized carbons (Fsp3) is 0.571. The summed E-state index contributed by atoms with van der Waals surface area (Å²) in [5, 5.41) is 3.09. The molecule has 0 aliphatic heterocycles. The maximum absolute atomic E-state index is 13.7. The molecule has 20 heavy (non-hydrogen) atoms. The quantitative estimate of drug-likeness (QED) is 0.585. The van der Waals surface area contributed by atoms with E-state index in [2.05, 4.69) is 10.1 Å². The Labute approximate surface area is 116 Å². The number of nitrogens with one attached hydrogen (secondary N) is 1. The van der Waals surface area contributed by atoms with Gasteiger partial charge in [0.2, 0.25) is 0 Å². The topological polar surface area (TPSA) is 21.3 Å². The SMILES string of the molecule is CCNCC(CCOCC(F)(F)F)c1ccccc1F. The summed E-state index contributed by atoms with van der Waals surface area (Å²) in [6, 6.07) is 6.31. The van der Waals surface area contributed by atoms with E-state index < -0.39 is 12.8 Å². The van der Waals surface area contributed by atoms with Crippen LogP contribution in [0, 0.1) is 5.82 Å². The average Bonchev–Trinajstić information content (AvgIpc) is 2.38. The second kappa shape index (κ2) is 8.21. The number of hydrogen-bond acceptors (Lipinski definition) is 2. The summed E-state index contributed by atoms with van der Waals surface area (Å²) in [7, 11) is 0. The Morgan fingerprint density at radius 1 is 1.25 bits per heavy atom. The van der Waals surface area contributed by atoms with Crippen LogP contribution in [0.15, 0.2) is 24.3 Å². The molecule has 0 aliphatic carbocycles. The molecule has 1 rings (SSSR count). The Bertz CT molecular complexity index is 395. The monoisotopic (exact) mass is 293 g/mol. The van der Waals surface area contributed by atoms with Crippen molar-refractivity contribution in [3.8, 4) is 0 Å². The van der Waals surface area contributed by atoms with Crippen LogP contribution in [0.2, 0.25) is 0 Å². The highest BCUT2D eigenvalue weighted by Crippen LogP contribution is 2.22. The zero-order valence-corrected chi connectivity index (χ0v) is 11.3.